The molecule has 0 spiro atoms. The van der Waals surface area contributed by atoms with Crippen molar-refractivity contribution in [2.45, 2.75) is 19.5 Å². The predicted molar refractivity (Wildman–Crippen MR) is 76.9 cm³/mol. The van der Waals surface area contributed by atoms with Crippen molar-refractivity contribution in [1.29, 1.82) is 0 Å². The van der Waals surface area contributed by atoms with E-state index in [2.05, 4.69) is 5.32 Å². The molecule has 0 radical (unpaired) electrons. The van der Waals surface area contributed by atoms with Gasteiger partial charge in [0.05, 0.1) is 11.4 Å². The molecule has 1 N–H and O–H groups in total. The highest BCUT2D eigenvalue weighted by atomic mass is 19.2. The lowest BCUT2D eigenvalue weighted by molar-refractivity contribution is 0.506. The largest absolute Gasteiger partial charge is 0.381 e. The monoisotopic (exact) mass is 292 g/mol. The van der Waals surface area contributed by atoms with Gasteiger partial charge in [-0.3, -0.25) is 0 Å². The number of hydrogen-bond acceptors (Lipinski definition) is 2. The minimum Gasteiger partial charge on any atom is -0.381 e. The van der Waals surface area contributed by atoms with Crippen LogP contribution in [-0.4, -0.2) is 12.6 Å². The second-order valence-electron chi connectivity index (χ2n) is 5.23. The van der Waals surface area contributed by atoms with Crippen molar-refractivity contribution >= 4 is 11.4 Å². The fourth-order valence-electron chi connectivity index (χ4n) is 2.57. The van der Waals surface area contributed by atoms with Crippen LogP contribution in [0.1, 0.15) is 12.5 Å². The van der Waals surface area contributed by atoms with E-state index in [9.17, 15) is 13.2 Å². The Labute approximate surface area is 121 Å². The zero-order chi connectivity index (χ0) is 15.0. The van der Waals surface area contributed by atoms with Crippen molar-refractivity contribution in [2.24, 2.45) is 0 Å². The van der Waals surface area contributed by atoms with Crippen molar-refractivity contribution in [3.05, 3.63) is 59.4 Å². The van der Waals surface area contributed by atoms with Gasteiger partial charge in [-0.2, -0.15) is 0 Å². The van der Waals surface area contributed by atoms with Gasteiger partial charge in [0.1, 0.15) is 5.82 Å². The standard InChI is InChI=1S/C16H15F3N2/c1-10-8-20-15-6-13(18)14(19)7-16(15)21(10)9-11-4-2-3-5-12(11)17/h2-7,10,20H,8-9H2,1H3. The van der Waals surface area contributed by atoms with E-state index in [1.165, 1.54) is 6.07 Å². The molecule has 2 nitrogen and oxygen atoms in total. The van der Waals surface area contributed by atoms with Gasteiger partial charge in [-0.15, -0.1) is 0 Å². The minimum atomic E-state index is -0.900. The molecule has 0 amide bonds. The predicted octanol–water partition coefficient (Wildman–Crippen LogP) is 3.92. The second-order valence-corrected chi connectivity index (χ2v) is 5.23. The van der Waals surface area contributed by atoms with E-state index >= 15 is 0 Å². The molecule has 0 saturated carbocycles. The van der Waals surface area contributed by atoms with Crippen LogP contribution in [-0.2, 0) is 6.54 Å². The summed E-state index contributed by atoms with van der Waals surface area (Å²) in [6.45, 7) is 2.86. The molecule has 3 rings (SSSR count). The summed E-state index contributed by atoms with van der Waals surface area (Å²) in [5, 5.41) is 3.07. The van der Waals surface area contributed by atoms with Crippen LogP contribution >= 0.6 is 0 Å². The van der Waals surface area contributed by atoms with Crippen molar-refractivity contribution in [1.82, 2.24) is 0 Å². The first-order valence-electron chi connectivity index (χ1n) is 6.79. The number of hydrogen-bond donors (Lipinski definition) is 1. The van der Waals surface area contributed by atoms with E-state index in [4.69, 9.17) is 0 Å². The molecule has 0 fully saturated rings. The highest BCUT2D eigenvalue weighted by Gasteiger charge is 2.25. The number of nitrogens with one attached hydrogen (secondary N) is 1. The van der Waals surface area contributed by atoms with Crippen LogP contribution in [0, 0.1) is 17.5 Å². The number of halogens is 3. The zero-order valence-corrected chi connectivity index (χ0v) is 11.5. The molecular formula is C16H15F3N2. The van der Waals surface area contributed by atoms with E-state index in [1.807, 2.05) is 11.8 Å². The topological polar surface area (TPSA) is 15.3 Å². The Morgan fingerprint density at radius 1 is 1.10 bits per heavy atom. The Balaban J connectivity index is 1.99. The SMILES string of the molecule is CC1CNc2cc(F)c(F)cc2N1Cc1ccccc1F. The molecule has 21 heavy (non-hydrogen) atoms. The van der Waals surface area contributed by atoms with Gasteiger partial charge < -0.3 is 10.2 Å². The summed E-state index contributed by atoms with van der Waals surface area (Å²) >= 11 is 0. The first-order valence-corrected chi connectivity index (χ1v) is 6.79. The lowest BCUT2D eigenvalue weighted by Gasteiger charge is -2.38. The Morgan fingerprint density at radius 3 is 2.57 bits per heavy atom. The van der Waals surface area contributed by atoms with Crippen LogP contribution < -0.4 is 10.2 Å². The molecule has 2 aromatic rings. The Kier molecular flexibility index (Phi) is 3.49. The highest BCUT2D eigenvalue weighted by molar-refractivity contribution is 5.73. The summed E-state index contributed by atoms with van der Waals surface area (Å²) in [6.07, 6.45) is 0. The summed E-state index contributed by atoms with van der Waals surface area (Å²) in [5.41, 5.74) is 1.61. The lowest BCUT2D eigenvalue weighted by atomic mass is 10.1. The second kappa shape index (κ2) is 5.31. The quantitative estimate of drug-likeness (QED) is 0.902. The Bertz CT molecular complexity index is 673. The van der Waals surface area contributed by atoms with Gasteiger partial charge in [0.25, 0.3) is 0 Å². The van der Waals surface area contributed by atoms with E-state index in [0.717, 1.165) is 12.1 Å². The molecular weight excluding hydrogens is 277 g/mol. The molecule has 1 unspecified atom stereocenters. The molecule has 0 saturated heterocycles. The van der Waals surface area contributed by atoms with E-state index < -0.39 is 11.6 Å². The van der Waals surface area contributed by atoms with Gasteiger partial charge >= 0.3 is 0 Å². The van der Waals surface area contributed by atoms with Crippen LogP contribution in [0.3, 0.4) is 0 Å². The average Bonchev–Trinajstić information content (AvgIpc) is 2.46. The van der Waals surface area contributed by atoms with Crippen molar-refractivity contribution in [2.75, 3.05) is 16.8 Å². The van der Waals surface area contributed by atoms with Gasteiger partial charge in [-0.05, 0) is 13.0 Å². The van der Waals surface area contributed by atoms with Crippen LogP contribution in [0.5, 0.6) is 0 Å². The van der Waals surface area contributed by atoms with Gasteiger partial charge in [0, 0.05) is 36.8 Å². The fraction of sp³-hybridized carbons (Fsp3) is 0.250. The van der Waals surface area contributed by atoms with Gasteiger partial charge in [0.2, 0.25) is 0 Å². The first-order chi connectivity index (χ1) is 10.1. The summed E-state index contributed by atoms with van der Waals surface area (Å²) in [7, 11) is 0. The number of anilines is 2. The lowest BCUT2D eigenvalue weighted by Crippen LogP contribution is -2.41. The van der Waals surface area contributed by atoms with E-state index in [-0.39, 0.29) is 11.9 Å². The van der Waals surface area contributed by atoms with Crippen LogP contribution in [0.15, 0.2) is 36.4 Å². The summed E-state index contributed by atoms with van der Waals surface area (Å²) in [6, 6.07) is 8.83. The molecule has 0 aliphatic carbocycles. The first kappa shape index (κ1) is 13.8. The molecule has 5 heteroatoms. The summed E-state index contributed by atoms with van der Waals surface area (Å²) in [4.78, 5) is 1.88. The normalized spacial score (nSPS) is 17.3. The molecule has 1 aliphatic heterocycles. The third-order valence-electron chi connectivity index (χ3n) is 3.77. The number of benzene rings is 2. The smallest absolute Gasteiger partial charge is 0.161 e. The van der Waals surface area contributed by atoms with Crippen LogP contribution in [0.2, 0.25) is 0 Å². The van der Waals surface area contributed by atoms with E-state index in [0.29, 0.717) is 30.0 Å². The Morgan fingerprint density at radius 2 is 1.81 bits per heavy atom. The fourth-order valence-corrected chi connectivity index (χ4v) is 2.57. The van der Waals surface area contributed by atoms with Crippen molar-refractivity contribution in [3.63, 3.8) is 0 Å². The van der Waals surface area contributed by atoms with Gasteiger partial charge in [0.15, 0.2) is 11.6 Å². The molecule has 110 valence electrons. The highest BCUT2D eigenvalue weighted by Crippen LogP contribution is 2.34. The maximum Gasteiger partial charge on any atom is 0.161 e. The molecule has 2 aromatic carbocycles. The molecule has 0 bridgehead atoms. The maximum atomic E-state index is 13.8. The molecule has 0 aromatic heterocycles. The maximum absolute atomic E-state index is 13.8. The zero-order valence-electron chi connectivity index (χ0n) is 11.5. The van der Waals surface area contributed by atoms with Crippen LogP contribution in [0.4, 0.5) is 24.5 Å². The summed E-state index contributed by atoms with van der Waals surface area (Å²) < 4.78 is 40.7. The van der Waals surface area contributed by atoms with Crippen molar-refractivity contribution in [3.8, 4) is 0 Å². The molecule has 1 heterocycles. The van der Waals surface area contributed by atoms with Crippen molar-refractivity contribution < 1.29 is 13.2 Å². The third kappa shape index (κ3) is 2.55. The third-order valence-corrected chi connectivity index (χ3v) is 3.77. The molecule has 1 aliphatic rings. The van der Waals surface area contributed by atoms with Crippen LogP contribution in [0.25, 0.3) is 0 Å². The number of nitrogens with zero attached hydrogens (tertiary/aromatic N) is 1. The van der Waals surface area contributed by atoms with E-state index in [1.54, 1.807) is 18.2 Å². The average molecular weight is 292 g/mol. The minimum absolute atomic E-state index is 0.0435. The molecule has 1 atom stereocenters. The van der Waals surface area contributed by atoms with Gasteiger partial charge in [-0.25, -0.2) is 13.2 Å². The number of fused-ring (bicyclic) bond motifs is 1. The number of rotatable bonds is 2. The Hall–Kier alpha value is -2.17. The van der Waals surface area contributed by atoms with Gasteiger partial charge in [-0.1, -0.05) is 18.2 Å². The summed E-state index contributed by atoms with van der Waals surface area (Å²) in [5.74, 6) is -2.09.